The second-order valence-electron chi connectivity index (χ2n) is 3.05. The Hall–Kier alpha value is -1.08. The lowest BCUT2D eigenvalue weighted by Crippen LogP contribution is -2.12. The molecule has 94 valence electrons. The molecule has 0 spiro atoms. The summed E-state index contributed by atoms with van der Waals surface area (Å²) in [6.45, 7) is 0. The summed E-state index contributed by atoms with van der Waals surface area (Å²) in [4.78, 5) is -0.208. The molecule has 0 unspecified atom stereocenters. The number of halogens is 4. The van der Waals surface area contributed by atoms with Crippen molar-refractivity contribution in [2.45, 2.75) is 17.5 Å². The van der Waals surface area contributed by atoms with Crippen molar-refractivity contribution in [2.24, 2.45) is 4.40 Å². The second kappa shape index (κ2) is 5.05. The highest BCUT2D eigenvalue weighted by molar-refractivity contribution is 7.90. The fourth-order valence-corrected chi connectivity index (χ4v) is 2.33. The summed E-state index contributed by atoms with van der Waals surface area (Å²) >= 11 is 5.15. The molecule has 0 amide bonds. The van der Waals surface area contributed by atoms with E-state index in [1.807, 2.05) is 0 Å². The maximum atomic E-state index is 11.9. The van der Waals surface area contributed by atoms with Gasteiger partial charge in [-0.15, -0.1) is 0 Å². The van der Waals surface area contributed by atoms with Gasteiger partial charge in [0, 0.05) is 0 Å². The van der Waals surface area contributed by atoms with Crippen molar-refractivity contribution in [3.63, 3.8) is 0 Å². The zero-order chi connectivity index (χ0) is 13.1. The summed E-state index contributed by atoms with van der Waals surface area (Å²) in [6.07, 6.45) is -6.16. The zero-order valence-corrected chi connectivity index (χ0v) is 9.85. The van der Waals surface area contributed by atoms with E-state index in [4.69, 9.17) is 11.6 Å². The molecule has 0 fully saturated rings. The summed E-state index contributed by atoms with van der Waals surface area (Å²) in [5.74, 6) is 0. The van der Waals surface area contributed by atoms with Gasteiger partial charge in [-0.2, -0.15) is 26.0 Å². The summed E-state index contributed by atoms with van der Waals surface area (Å²) in [7, 11) is -4.18. The topological polar surface area (TPSA) is 46.5 Å². The van der Waals surface area contributed by atoms with Crippen molar-refractivity contribution in [3.8, 4) is 0 Å². The van der Waals surface area contributed by atoms with Crippen molar-refractivity contribution in [2.75, 3.05) is 0 Å². The Bertz CT molecular complexity index is 511. The maximum Gasteiger partial charge on any atom is 0.395 e. The van der Waals surface area contributed by atoms with Gasteiger partial charge in [0.1, 0.15) is 5.17 Å². The molecule has 0 aliphatic carbocycles. The molecule has 1 rings (SSSR count). The van der Waals surface area contributed by atoms with Crippen LogP contribution in [0.3, 0.4) is 0 Å². The number of alkyl halides is 3. The Morgan fingerprint density at radius 2 is 1.76 bits per heavy atom. The van der Waals surface area contributed by atoms with Gasteiger partial charge in [-0.05, 0) is 12.1 Å². The van der Waals surface area contributed by atoms with Crippen LogP contribution >= 0.6 is 11.6 Å². The summed E-state index contributed by atoms with van der Waals surface area (Å²) in [6, 6.07) is 6.87. The molecule has 0 radical (unpaired) electrons. The van der Waals surface area contributed by atoms with E-state index in [9.17, 15) is 21.6 Å². The Labute approximate surface area is 101 Å². The Morgan fingerprint density at radius 3 is 2.24 bits per heavy atom. The largest absolute Gasteiger partial charge is 0.395 e. The predicted octanol–water partition coefficient (Wildman–Crippen LogP) is 2.97. The van der Waals surface area contributed by atoms with Gasteiger partial charge in [-0.1, -0.05) is 29.8 Å². The molecule has 0 bridgehead atoms. The molecule has 0 aliphatic rings. The molecule has 1 aromatic carbocycles. The molecule has 0 saturated carbocycles. The molecule has 0 aliphatic heterocycles. The van der Waals surface area contributed by atoms with Gasteiger partial charge in [0.15, 0.2) is 0 Å². The third kappa shape index (κ3) is 4.74. The minimum atomic E-state index is -4.59. The van der Waals surface area contributed by atoms with Crippen LogP contribution in [0.4, 0.5) is 13.2 Å². The van der Waals surface area contributed by atoms with E-state index in [1.54, 1.807) is 6.07 Å². The molecular formula is C9H7ClF3NO2S. The van der Waals surface area contributed by atoms with Gasteiger partial charge in [0.25, 0.3) is 10.0 Å². The van der Waals surface area contributed by atoms with Gasteiger partial charge in [-0.3, -0.25) is 0 Å². The van der Waals surface area contributed by atoms with Gasteiger partial charge < -0.3 is 0 Å². The van der Waals surface area contributed by atoms with E-state index >= 15 is 0 Å². The zero-order valence-electron chi connectivity index (χ0n) is 8.28. The first kappa shape index (κ1) is 14.0. The normalized spacial score (nSPS) is 13.8. The lowest BCUT2D eigenvalue weighted by Gasteiger charge is -2.04. The summed E-state index contributed by atoms with van der Waals surface area (Å²) in [5, 5.41) is -1.01. The highest BCUT2D eigenvalue weighted by atomic mass is 35.5. The third-order valence-corrected chi connectivity index (χ3v) is 3.25. The SMILES string of the molecule is O=S(=O)(N=C(Cl)CC(F)(F)F)c1ccccc1. The quantitative estimate of drug-likeness (QED) is 0.802. The molecule has 0 saturated heterocycles. The summed E-state index contributed by atoms with van der Waals surface area (Å²) in [5.41, 5.74) is 0. The van der Waals surface area contributed by atoms with Crippen LogP contribution < -0.4 is 0 Å². The highest BCUT2D eigenvalue weighted by Crippen LogP contribution is 2.23. The van der Waals surface area contributed by atoms with Crippen LogP contribution in [0.25, 0.3) is 0 Å². The fraction of sp³-hybridized carbons (Fsp3) is 0.222. The molecule has 3 nitrogen and oxygen atoms in total. The third-order valence-electron chi connectivity index (χ3n) is 1.61. The first-order valence-electron chi connectivity index (χ1n) is 4.32. The van der Waals surface area contributed by atoms with E-state index < -0.39 is 27.8 Å². The van der Waals surface area contributed by atoms with Gasteiger partial charge in [0.05, 0.1) is 11.3 Å². The molecule has 0 N–H and O–H groups in total. The number of benzene rings is 1. The minimum absolute atomic E-state index is 0.208. The van der Waals surface area contributed by atoms with Crippen LogP contribution in [0.1, 0.15) is 6.42 Å². The van der Waals surface area contributed by atoms with Crippen molar-refractivity contribution >= 4 is 26.8 Å². The van der Waals surface area contributed by atoms with E-state index in [0.717, 1.165) is 0 Å². The van der Waals surface area contributed by atoms with Crippen molar-refractivity contribution < 1.29 is 21.6 Å². The fourth-order valence-electron chi connectivity index (χ4n) is 0.973. The van der Waals surface area contributed by atoms with E-state index in [1.165, 1.54) is 24.3 Å². The number of hydrogen-bond acceptors (Lipinski definition) is 2. The van der Waals surface area contributed by atoms with Crippen LogP contribution in [-0.2, 0) is 10.0 Å². The second-order valence-corrected chi connectivity index (χ2v) is 5.09. The molecule has 0 atom stereocenters. The number of hydrogen-bond donors (Lipinski definition) is 0. The molecule has 0 heterocycles. The van der Waals surface area contributed by atoms with E-state index in [0.29, 0.717) is 0 Å². The average Bonchev–Trinajstić information content (AvgIpc) is 2.15. The molecule has 17 heavy (non-hydrogen) atoms. The standard InChI is InChI=1S/C9H7ClF3NO2S/c10-8(6-9(11,12)13)14-17(15,16)7-4-2-1-3-5-7/h1-5H,6H2. The maximum absolute atomic E-state index is 11.9. The van der Waals surface area contributed by atoms with Gasteiger partial charge in [-0.25, -0.2) is 0 Å². The highest BCUT2D eigenvalue weighted by Gasteiger charge is 2.30. The number of rotatable bonds is 3. The van der Waals surface area contributed by atoms with Crippen LogP contribution in [0.15, 0.2) is 39.6 Å². The average molecular weight is 286 g/mol. The van der Waals surface area contributed by atoms with Crippen molar-refractivity contribution in [1.82, 2.24) is 0 Å². The lowest BCUT2D eigenvalue weighted by atomic mass is 10.4. The lowest BCUT2D eigenvalue weighted by molar-refractivity contribution is -0.120. The molecule has 1 aromatic rings. The van der Waals surface area contributed by atoms with Crippen LogP contribution in [-0.4, -0.2) is 19.8 Å². The Kier molecular flexibility index (Phi) is 4.16. The summed E-state index contributed by atoms with van der Waals surface area (Å²) < 4.78 is 61.6. The minimum Gasteiger partial charge on any atom is -0.199 e. The van der Waals surface area contributed by atoms with Crippen LogP contribution in [0.2, 0.25) is 0 Å². The molecule has 8 heteroatoms. The van der Waals surface area contributed by atoms with Crippen molar-refractivity contribution in [3.05, 3.63) is 30.3 Å². The van der Waals surface area contributed by atoms with Crippen LogP contribution in [0.5, 0.6) is 0 Å². The Balaban J connectivity index is 2.98. The molecule has 0 aromatic heterocycles. The first-order valence-corrected chi connectivity index (χ1v) is 6.14. The smallest absolute Gasteiger partial charge is 0.199 e. The van der Waals surface area contributed by atoms with Crippen molar-refractivity contribution in [1.29, 1.82) is 0 Å². The van der Waals surface area contributed by atoms with Gasteiger partial charge >= 0.3 is 6.18 Å². The Morgan fingerprint density at radius 1 is 1.24 bits per heavy atom. The molecular weight excluding hydrogens is 279 g/mol. The predicted molar refractivity (Wildman–Crippen MR) is 57.6 cm³/mol. The number of sulfonamides is 1. The monoisotopic (exact) mass is 285 g/mol. The van der Waals surface area contributed by atoms with Gasteiger partial charge in [0.2, 0.25) is 0 Å². The van der Waals surface area contributed by atoms with E-state index in [-0.39, 0.29) is 4.90 Å². The number of nitrogens with zero attached hydrogens (tertiary/aromatic N) is 1. The first-order chi connectivity index (χ1) is 7.71. The van der Waals surface area contributed by atoms with E-state index in [2.05, 4.69) is 4.40 Å². The van der Waals surface area contributed by atoms with Crippen LogP contribution in [0, 0.1) is 0 Å².